The second-order valence-electron chi connectivity index (χ2n) is 11.4. The molecule has 0 saturated heterocycles. The molecule has 0 unspecified atom stereocenters. The summed E-state index contributed by atoms with van der Waals surface area (Å²) in [5.74, 6) is 1.13. The Hall–Kier alpha value is -4.05. The van der Waals surface area contributed by atoms with Gasteiger partial charge in [-0.2, -0.15) is 0 Å². The molecule has 0 aromatic heterocycles. The van der Waals surface area contributed by atoms with E-state index in [1.165, 1.54) is 23.1 Å². The Bertz CT molecular complexity index is 1480. The molecule has 4 aromatic rings. The first-order valence-electron chi connectivity index (χ1n) is 13.0. The van der Waals surface area contributed by atoms with Crippen molar-refractivity contribution >= 4 is 6.16 Å². The summed E-state index contributed by atoms with van der Waals surface area (Å²) in [6, 6.07) is 28.8. The molecule has 5 rings (SSSR count). The van der Waals surface area contributed by atoms with Gasteiger partial charge in [0.25, 0.3) is 0 Å². The third-order valence-corrected chi connectivity index (χ3v) is 7.98. The molecule has 38 heavy (non-hydrogen) atoms. The van der Waals surface area contributed by atoms with Crippen LogP contribution in [0.1, 0.15) is 51.7 Å². The second-order valence-corrected chi connectivity index (χ2v) is 11.4. The summed E-state index contributed by atoms with van der Waals surface area (Å²) < 4.78 is 10.2. The van der Waals surface area contributed by atoms with Gasteiger partial charge in [0.1, 0.15) is 11.5 Å². The van der Waals surface area contributed by atoms with Gasteiger partial charge in [-0.3, -0.25) is 0 Å². The Morgan fingerprint density at radius 3 is 1.82 bits per heavy atom. The molecule has 0 bridgehead atoms. The molecular formula is C34H34O4. The molecule has 4 aromatic carbocycles. The maximum atomic E-state index is 10.9. The van der Waals surface area contributed by atoms with Crippen molar-refractivity contribution < 1.29 is 19.4 Å². The molecule has 0 aliphatic heterocycles. The van der Waals surface area contributed by atoms with E-state index in [1.54, 1.807) is 19.2 Å². The molecule has 0 atom stereocenters. The van der Waals surface area contributed by atoms with Crippen LogP contribution in [0, 0.1) is 0 Å². The van der Waals surface area contributed by atoms with Gasteiger partial charge in [-0.05, 0) is 98.5 Å². The Balaban J connectivity index is 1.66. The van der Waals surface area contributed by atoms with Crippen molar-refractivity contribution in [3.05, 3.63) is 96.1 Å². The maximum Gasteiger partial charge on any atom is 0.511 e. The predicted octanol–water partition coefficient (Wildman–Crippen LogP) is 9.10. The lowest BCUT2D eigenvalue weighted by atomic mass is 9.63. The van der Waals surface area contributed by atoms with Crippen LogP contribution in [0.15, 0.2) is 84.9 Å². The second kappa shape index (κ2) is 9.68. The van der Waals surface area contributed by atoms with Crippen molar-refractivity contribution in [3.63, 3.8) is 0 Å². The third kappa shape index (κ3) is 4.91. The van der Waals surface area contributed by atoms with E-state index in [2.05, 4.69) is 76.2 Å². The predicted molar refractivity (Wildman–Crippen MR) is 153 cm³/mol. The smallest absolute Gasteiger partial charge is 0.497 e. The van der Waals surface area contributed by atoms with E-state index < -0.39 is 6.16 Å². The fraction of sp³-hybridized carbons (Fsp3) is 0.265. The minimum atomic E-state index is -1.32. The molecule has 0 saturated carbocycles. The maximum absolute atomic E-state index is 10.9. The van der Waals surface area contributed by atoms with Crippen LogP contribution in [0.5, 0.6) is 11.5 Å². The van der Waals surface area contributed by atoms with Crippen molar-refractivity contribution in [2.24, 2.45) is 0 Å². The first kappa shape index (κ1) is 25.6. The molecule has 194 valence electrons. The van der Waals surface area contributed by atoms with Crippen LogP contribution in [0.2, 0.25) is 0 Å². The SMILES string of the molecule is COc1ccc(-c2ccc(-c3ccc(OC(=O)O)cc3)cc2-c2ccc3c(c2)C(C)(C)CCC3(C)C)cc1. The number of hydrogen-bond acceptors (Lipinski definition) is 3. The number of rotatable bonds is 5. The van der Waals surface area contributed by atoms with Crippen LogP contribution in [0.25, 0.3) is 33.4 Å². The number of carboxylic acid groups (broad SMARTS) is 1. The Kier molecular flexibility index (Phi) is 6.52. The van der Waals surface area contributed by atoms with Crippen LogP contribution < -0.4 is 9.47 Å². The zero-order valence-electron chi connectivity index (χ0n) is 22.7. The van der Waals surface area contributed by atoms with Crippen molar-refractivity contribution in [2.45, 2.75) is 51.4 Å². The third-order valence-electron chi connectivity index (χ3n) is 7.98. The quantitative estimate of drug-likeness (QED) is 0.217. The lowest BCUT2D eigenvalue weighted by molar-refractivity contribution is 0.144. The Morgan fingerprint density at radius 2 is 1.18 bits per heavy atom. The van der Waals surface area contributed by atoms with Gasteiger partial charge < -0.3 is 14.6 Å². The van der Waals surface area contributed by atoms with E-state index in [9.17, 15) is 4.79 Å². The van der Waals surface area contributed by atoms with Gasteiger partial charge in [-0.25, -0.2) is 4.79 Å². The standard InChI is InChI=1S/C34H34O4/c1-33(2)18-19-34(3,4)31-21-25(11-17-30(31)33)29-20-24(22-6-14-27(15-7-22)38-32(35)36)10-16-28(29)23-8-12-26(37-5)13-9-23/h6-17,20-21H,18-19H2,1-5H3,(H,35,36). The van der Waals surface area contributed by atoms with Crippen LogP contribution in [-0.4, -0.2) is 18.4 Å². The molecule has 0 amide bonds. The lowest BCUT2D eigenvalue weighted by Gasteiger charge is -2.42. The summed E-state index contributed by atoms with van der Waals surface area (Å²) in [5, 5.41) is 8.91. The van der Waals surface area contributed by atoms with Crippen LogP contribution in [0.4, 0.5) is 4.79 Å². The fourth-order valence-corrected chi connectivity index (χ4v) is 5.56. The Labute approximate surface area is 224 Å². The van der Waals surface area contributed by atoms with Gasteiger partial charge in [-0.15, -0.1) is 0 Å². The minimum Gasteiger partial charge on any atom is -0.497 e. The van der Waals surface area contributed by atoms with E-state index in [4.69, 9.17) is 14.6 Å². The van der Waals surface area contributed by atoms with E-state index in [0.717, 1.165) is 40.0 Å². The highest BCUT2D eigenvalue weighted by Gasteiger charge is 2.37. The summed E-state index contributed by atoms with van der Waals surface area (Å²) >= 11 is 0. The van der Waals surface area contributed by atoms with Crippen LogP contribution >= 0.6 is 0 Å². The monoisotopic (exact) mass is 506 g/mol. The van der Waals surface area contributed by atoms with Gasteiger partial charge in [0.2, 0.25) is 0 Å². The van der Waals surface area contributed by atoms with E-state index in [1.807, 2.05) is 24.3 Å². The number of methoxy groups -OCH3 is 1. The van der Waals surface area contributed by atoms with E-state index in [0.29, 0.717) is 5.75 Å². The molecule has 0 spiro atoms. The minimum absolute atomic E-state index is 0.110. The topological polar surface area (TPSA) is 55.8 Å². The number of fused-ring (bicyclic) bond motifs is 1. The zero-order valence-corrected chi connectivity index (χ0v) is 22.7. The summed E-state index contributed by atoms with van der Waals surface area (Å²) in [6.45, 7) is 9.41. The van der Waals surface area contributed by atoms with Gasteiger partial charge in [0.15, 0.2) is 0 Å². The van der Waals surface area contributed by atoms with Crippen molar-refractivity contribution in [1.29, 1.82) is 0 Å². The molecule has 1 N–H and O–H groups in total. The highest BCUT2D eigenvalue weighted by Crippen LogP contribution is 2.47. The highest BCUT2D eigenvalue weighted by molar-refractivity contribution is 5.87. The molecule has 1 aliphatic rings. The lowest BCUT2D eigenvalue weighted by Crippen LogP contribution is -2.33. The molecule has 4 heteroatoms. The number of hydrogen-bond donors (Lipinski definition) is 1. The average molecular weight is 507 g/mol. The van der Waals surface area contributed by atoms with Crippen molar-refractivity contribution in [1.82, 2.24) is 0 Å². The number of ether oxygens (including phenoxy) is 2. The Morgan fingerprint density at radius 1 is 0.632 bits per heavy atom. The summed E-state index contributed by atoms with van der Waals surface area (Å²) in [7, 11) is 1.68. The molecule has 1 aliphatic carbocycles. The van der Waals surface area contributed by atoms with E-state index >= 15 is 0 Å². The van der Waals surface area contributed by atoms with Gasteiger partial charge in [0.05, 0.1) is 7.11 Å². The highest BCUT2D eigenvalue weighted by atomic mass is 16.7. The summed E-state index contributed by atoms with van der Waals surface area (Å²) in [6.07, 6.45) is 1.02. The number of benzene rings is 4. The van der Waals surface area contributed by atoms with E-state index in [-0.39, 0.29) is 10.8 Å². The number of carbonyl (C=O) groups is 1. The summed E-state index contributed by atoms with van der Waals surface area (Å²) in [5.41, 5.74) is 9.78. The van der Waals surface area contributed by atoms with Crippen molar-refractivity contribution in [3.8, 4) is 44.9 Å². The molecule has 0 radical (unpaired) electrons. The molecular weight excluding hydrogens is 472 g/mol. The van der Waals surface area contributed by atoms with Crippen molar-refractivity contribution in [2.75, 3.05) is 7.11 Å². The first-order chi connectivity index (χ1) is 18.1. The average Bonchev–Trinajstić information content (AvgIpc) is 2.91. The van der Waals surface area contributed by atoms with Gasteiger partial charge in [-0.1, -0.05) is 82.3 Å². The summed E-state index contributed by atoms with van der Waals surface area (Å²) in [4.78, 5) is 10.9. The molecule has 4 nitrogen and oxygen atoms in total. The van der Waals surface area contributed by atoms with Crippen LogP contribution in [0.3, 0.4) is 0 Å². The normalized spacial score (nSPS) is 15.4. The zero-order chi connectivity index (χ0) is 27.1. The fourth-order valence-electron chi connectivity index (χ4n) is 5.56. The first-order valence-corrected chi connectivity index (χ1v) is 13.0. The van der Waals surface area contributed by atoms with Gasteiger partial charge in [0, 0.05) is 0 Å². The molecule has 0 fully saturated rings. The van der Waals surface area contributed by atoms with Crippen LogP contribution in [-0.2, 0) is 10.8 Å². The van der Waals surface area contributed by atoms with Gasteiger partial charge >= 0.3 is 6.16 Å². The molecule has 0 heterocycles. The largest absolute Gasteiger partial charge is 0.511 e.